The largest absolute Gasteiger partial charge is 0.508 e. The van der Waals surface area contributed by atoms with Crippen molar-refractivity contribution in [3.8, 4) is 114 Å². The van der Waals surface area contributed by atoms with E-state index in [4.69, 9.17) is 27.5 Å². The molecule has 770 valence electrons. The van der Waals surface area contributed by atoms with Crippen molar-refractivity contribution in [2.24, 2.45) is 11.8 Å². The molecule has 9 aromatic carbocycles. The Bertz CT molecular complexity index is 7620. The van der Waals surface area contributed by atoms with Crippen molar-refractivity contribution in [1.29, 1.82) is 0 Å². The molecule has 0 fully saturated rings. The van der Waals surface area contributed by atoms with E-state index >= 15 is 0 Å². The van der Waals surface area contributed by atoms with Gasteiger partial charge in [0.05, 0.1) is 34.1 Å². The minimum absolute atomic E-state index is 0.00263. The molecule has 0 saturated carbocycles. The highest BCUT2D eigenvalue weighted by atomic mass is 16.5. The van der Waals surface area contributed by atoms with Crippen molar-refractivity contribution in [2.75, 3.05) is 13.2 Å². The first-order valence-corrected chi connectivity index (χ1v) is 49.7. The third kappa shape index (κ3) is 25.2. The van der Waals surface area contributed by atoms with Crippen molar-refractivity contribution in [3.05, 3.63) is 335 Å². The van der Waals surface area contributed by atoms with Crippen molar-refractivity contribution in [2.45, 2.75) is 241 Å². The Morgan fingerprint density at radius 1 is 0.381 bits per heavy atom. The Kier molecular flexibility index (Phi) is 35.3. The number of aryl methyl sites for hydroxylation is 5. The highest BCUT2D eigenvalue weighted by molar-refractivity contribution is 6.09. The SMILES string of the molecule is CC(C)=CCc1c(O)c(CC=C(C)C)c2c(c1O)C(=O)C(c1ccc(C)cc1)CO2.CC(C)=CCc1c(O)c(CC=C(C)C)c2occ(-c3ccc(C)c(O)c3)c(=O)c2c1O.CC(C)=CCc1c(O)cc2occ(-c3ccc(C)cc3)c(=O)c2c1O.CC(C)=CCc1c2c(c3occ(-c4ccc(C)nc4)c(=O)c3c1O)C=CC(C)(C)O2.Cc1ccc(C2COc3c(CCC(C)C)c(O)c(CCC(C)C)c(O)c3C2=O)cc1O. The van der Waals surface area contributed by atoms with Gasteiger partial charge in [-0.15, -0.1) is 0 Å². The lowest BCUT2D eigenvalue weighted by Gasteiger charge is -2.30. The first-order valence-electron chi connectivity index (χ1n) is 49.7. The van der Waals surface area contributed by atoms with E-state index in [1.165, 1.54) is 30.9 Å². The van der Waals surface area contributed by atoms with E-state index in [9.17, 15) is 80.1 Å². The lowest BCUT2D eigenvalue weighted by Crippen LogP contribution is -2.28. The fourth-order valence-corrected chi connectivity index (χ4v) is 17.4. The molecule has 0 aliphatic carbocycles. The number of carbonyl (C=O) groups is 2. The van der Waals surface area contributed by atoms with Crippen molar-refractivity contribution in [3.63, 3.8) is 0 Å². The van der Waals surface area contributed by atoms with E-state index in [0.717, 1.165) is 79.8 Å². The van der Waals surface area contributed by atoms with Gasteiger partial charge in [0.2, 0.25) is 16.3 Å². The average molecular weight is 1990 g/mol. The zero-order chi connectivity index (χ0) is 108. The molecule has 11 N–H and O–H groups in total. The number of phenols is 11. The fourth-order valence-electron chi connectivity index (χ4n) is 17.4. The summed E-state index contributed by atoms with van der Waals surface area (Å²) in [4.78, 5) is 71.0. The van der Waals surface area contributed by atoms with Gasteiger partial charge in [-0.1, -0.05) is 188 Å². The second kappa shape index (κ2) is 47.1. The van der Waals surface area contributed by atoms with Gasteiger partial charge in [0.15, 0.2) is 17.1 Å². The Labute approximate surface area is 858 Å². The van der Waals surface area contributed by atoms with Gasteiger partial charge in [-0.25, -0.2) is 0 Å². The Hall–Kier alpha value is -15.5. The van der Waals surface area contributed by atoms with E-state index in [1.54, 1.807) is 44.3 Å². The maximum atomic E-state index is 13.5. The number of phenolic OH excluding ortho intramolecular Hbond substituents is 11. The van der Waals surface area contributed by atoms with Gasteiger partial charge in [-0.2, -0.15) is 0 Å². The maximum Gasteiger partial charge on any atom is 0.204 e. The Morgan fingerprint density at radius 2 is 0.769 bits per heavy atom. The van der Waals surface area contributed by atoms with Crippen LogP contribution >= 0.6 is 0 Å². The number of nitrogens with zero attached hydrogens (tertiary/aromatic N) is 1. The Morgan fingerprint density at radius 3 is 1.29 bits per heavy atom. The van der Waals surface area contributed by atoms with Gasteiger partial charge < -0.3 is 83.6 Å². The molecule has 0 amide bonds. The highest BCUT2D eigenvalue weighted by Gasteiger charge is 2.41. The van der Waals surface area contributed by atoms with Crippen molar-refractivity contribution < 1.29 is 93.2 Å². The number of allylic oxidation sites excluding steroid dienone is 12. The number of hydrogen-bond acceptors (Lipinski definition) is 23. The zero-order valence-corrected chi connectivity index (χ0v) is 88.4. The number of aromatic nitrogens is 1. The molecule has 3 aliphatic rings. The number of rotatable bonds is 23. The number of carbonyl (C=O) groups excluding carboxylic acids is 2. The summed E-state index contributed by atoms with van der Waals surface area (Å²) in [6.45, 7) is 45.4. The minimum atomic E-state index is -0.620. The first-order chi connectivity index (χ1) is 69.5. The van der Waals surface area contributed by atoms with Gasteiger partial charge in [-0.3, -0.25) is 29.0 Å². The Balaban J connectivity index is 0.000000164. The number of fused-ring (bicyclic) bond motifs is 7. The topological polar surface area (TPSA) is 388 Å². The standard InChI is InChI=1S/C26H34O5.C26H28O5.C26H30O4.C25H25NO4.C21H20O4/c2*1-14(2)6-10-18-23(28)19(11-7-15(3)4)26-22(24(18)29)25(30)20(13-31-26)17-9-8-16(5)21(27)12-17;1-15(2)6-12-19-23(27)20(13-7-16(3)4)26-22(24(19)28)25(29)21(14-30-26)18-10-8-17(5)9-11-18;1-14(2)6-9-17-21(27)20-22(28)19(16-8-7-15(3)26-12-16)13-29-24(20)18-10-11-25(4,5)30-23(17)18;1-12(2)4-9-15-17(22)10-18-19(20(15)23)21(24)16(11-25-18)14-7-5-13(3)6-8-14/h8-9,12,14-15,20,27-29H,6-7,10-11,13H2,1-5H3;6-9,12-13,27-29H,10-11H2,1-5H3;6-11,21,27-28H,12-14H2,1-5H3;6-8,10-13,27H,9H2,1-5H3;4-8,10-11,22-23H,9H2,1-3H3. The van der Waals surface area contributed by atoms with Crippen LogP contribution in [0.4, 0.5) is 0 Å². The van der Waals surface area contributed by atoms with E-state index < -0.39 is 22.9 Å². The summed E-state index contributed by atoms with van der Waals surface area (Å²) in [7, 11) is 0. The lowest BCUT2D eigenvalue weighted by molar-refractivity contribution is 0.0881. The molecule has 3 aliphatic heterocycles. The smallest absolute Gasteiger partial charge is 0.204 e. The maximum absolute atomic E-state index is 13.5. The first kappa shape index (κ1) is 110. The van der Waals surface area contributed by atoms with Crippen LogP contribution in [-0.4, -0.2) is 91.5 Å². The summed E-state index contributed by atoms with van der Waals surface area (Å²) in [5, 5.41) is 118. The molecular formula is C124H137NO22. The van der Waals surface area contributed by atoms with Crippen molar-refractivity contribution >= 4 is 50.6 Å². The van der Waals surface area contributed by atoms with Crippen LogP contribution in [0.1, 0.15) is 259 Å². The van der Waals surface area contributed by atoms with Gasteiger partial charge in [0.1, 0.15) is 157 Å². The number of aromatic hydroxyl groups is 11. The third-order valence-electron chi connectivity index (χ3n) is 26.3. The summed E-state index contributed by atoms with van der Waals surface area (Å²) < 4.78 is 35.4. The molecule has 16 rings (SSSR count). The summed E-state index contributed by atoms with van der Waals surface area (Å²) in [5.74, 6) is -0.393. The molecular weight excluding hydrogens is 1860 g/mol. The van der Waals surface area contributed by atoms with Crippen LogP contribution in [-0.2, 0) is 51.4 Å². The van der Waals surface area contributed by atoms with Gasteiger partial charge in [0.25, 0.3) is 0 Å². The van der Waals surface area contributed by atoms with E-state index in [1.807, 2.05) is 233 Å². The molecule has 2 unspecified atom stereocenters. The van der Waals surface area contributed by atoms with Crippen LogP contribution in [0.5, 0.6) is 80.5 Å². The molecule has 2 atom stereocenters. The predicted octanol–water partition coefficient (Wildman–Crippen LogP) is 27.6. The van der Waals surface area contributed by atoms with Crippen LogP contribution < -0.4 is 30.5 Å². The number of ether oxygens (including phenoxy) is 3. The molecule has 0 bridgehead atoms. The second-order valence-electron chi connectivity index (χ2n) is 41.2. The van der Waals surface area contributed by atoms with Crippen LogP contribution in [0.25, 0.3) is 72.4 Å². The highest BCUT2D eigenvalue weighted by Crippen LogP contribution is 2.53. The van der Waals surface area contributed by atoms with E-state index in [-0.39, 0.29) is 149 Å². The van der Waals surface area contributed by atoms with Gasteiger partial charge in [0, 0.05) is 68.0 Å². The zero-order valence-electron chi connectivity index (χ0n) is 88.4. The van der Waals surface area contributed by atoms with E-state index in [2.05, 4.69) is 32.7 Å². The van der Waals surface area contributed by atoms with Crippen molar-refractivity contribution in [1.82, 2.24) is 4.98 Å². The molecule has 23 heteroatoms. The number of Topliss-reactive ketones (excluding diaryl/α,β-unsaturated/α-hetero) is 2. The van der Waals surface area contributed by atoms with Gasteiger partial charge >= 0.3 is 0 Å². The van der Waals surface area contributed by atoms with E-state index in [0.29, 0.717) is 163 Å². The van der Waals surface area contributed by atoms with Crippen LogP contribution in [0.15, 0.2) is 232 Å². The molecule has 0 saturated heterocycles. The average Bonchev–Trinajstić information content (AvgIpc) is 0.743. The molecule has 7 heterocycles. The quantitative estimate of drug-likeness (QED) is 0.0265. The summed E-state index contributed by atoms with van der Waals surface area (Å²) in [5.41, 5.74) is 19.0. The normalized spacial score (nSPS) is 13.5. The van der Waals surface area contributed by atoms with Crippen LogP contribution in [0.3, 0.4) is 0 Å². The molecule has 4 aromatic heterocycles. The number of ketones is 2. The third-order valence-corrected chi connectivity index (χ3v) is 26.3. The van der Waals surface area contributed by atoms with Crippen LogP contribution in [0.2, 0.25) is 0 Å². The number of benzene rings is 9. The molecule has 0 spiro atoms. The molecule has 0 radical (unpaired) electrons. The number of pyridine rings is 1. The number of hydrogen-bond donors (Lipinski definition) is 11. The van der Waals surface area contributed by atoms with Crippen LogP contribution in [0, 0.1) is 46.5 Å². The minimum Gasteiger partial charge on any atom is -0.508 e. The predicted molar refractivity (Wildman–Crippen MR) is 583 cm³/mol. The fraction of sp³-hybridized carbons (Fsp3) is 0.323. The summed E-state index contributed by atoms with van der Waals surface area (Å²) in [6, 6.07) is 30.4. The summed E-state index contributed by atoms with van der Waals surface area (Å²) in [6.07, 6.45) is 26.1. The summed E-state index contributed by atoms with van der Waals surface area (Å²) >= 11 is 0. The molecule has 23 nitrogen and oxygen atoms in total. The monoisotopic (exact) mass is 1990 g/mol. The molecule has 13 aromatic rings. The second-order valence-corrected chi connectivity index (χ2v) is 41.2. The lowest BCUT2D eigenvalue weighted by atomic mass is 9.83. The molecule has 147 heavy (non-hydrogen) atoms. The van der Waals surface area contributed by atoms with Gasteiger partial charge in [-0.05, 0) is 271 Å².